The summed E-state index contributed by atoms with van der Waals surface area (Å²) in [4.78, 5) is 4.28. The molecule has 0 saturated heterocycles. The van der Waals surface area contributed by atoms with Crippen molar-refractivity contribution >= 4 is 21.5 Å². The molecule has 0 amide bonds. The fraction of sp³-hybridized carbons (Fsp3) is 0.150. The molecule has 0 bridgehead atoms. The Morgan fingerprint density at radius 2 is 1.73 bits per heavy atom. The van der Waals surface area contributed by atoms with E-state index in [9.17, 15) is 13.2 Å². The molecule has 1 aliphatic rings. The van der Waals surface area contributed by atoms with Gasteiger partial charge in [0, 0.05) is 38.8 Å². The van der Waals surface area contributed by atoms with Gasteiger partial charge in [0.05, 0.1) is 11.3 Å². The lowest BCUT2D eigenvalue weighted by Gasteiger charge is -2.24. The Labute approximate surface area is 158 Å². The van der Waals surface area contributed by atoms with E-state index in [1.54, 1.807) is 24.4 Å². The highest BCUT2D eigenvalue weighted by molar-refractivity contribution is 9.12. The molecular weight excluding hydrogens is 405 g/mol. The molecule has 0 spiro atoms. The van der Waals surface area contributed by atoms with E-state index in [4.69, 9.17) is 0 Å². The van der Waals surface area contributed by atoms with Crippen molar-refractivity contribution in [3.05, 3.63) is 81.8 Å². The summed E-state index contributed by atoms with van der Waals surface area (Å²) in [5.41, 5.74) is 4.00. The number of rotatable bonds is 2. The highest BCUT2D eigenvalue weighted by atomic mass is 79.9. The van der Waals surface area contributed by atoms with Crippen molar-refractivity contribution in [3.8, 4) is 11.3 Å². The summed E-state index contributed by atoms with van der Waals surface area (Å²) >= 11 is 3.50. The van der Waals surface area contributed by atoms with Gasteiger partial charge in [0.2, 0.25) is 0 Å². The molecule has 0 atom stereocenters. The second-order valence-electron chi connectivity index (χ2n) is 6.02. The van der Waals surface area contributed by atoms with Crippen LogP contribution in [0.5, 0.6) is 0 Å². The molecule has 0 aliphatic carbocycles. The topological polar surface area (TPSA) is 24.9 Å². The van der Waals surface area contributed by atoms with Crippen molar-refractivity contribution in [2.45, 2.75) is 20.0 Å². The van der Waals surface area contributed by atoms with Gasteiger partial charge in [0.1, 0.15) is 0 Å². The zero-order valence-electron chi connectivity index (χ0n) is 14.2. The fourth-order valence-electron chi connectivity index (χ4n) is 3.01. The molecule has 1 N–H and O–H groups in total. The number of dihydropyridines is 1. The summed E-state index contributed by atoms with van der Waals surface area (Å²) in [6.45, 7) is 7.96. The van der Waals surface area contributed by atoms with Crippen LogP contribution in [0.25, 0.3) is 16.8 Å². The van der Waals surface area contributed by atoms with Gasteiger partial charge in [-0.25, -0.2) is 0 Å². The Balaban J connectivity index is 2.02. The maximum Gasteiger partial charge on any atom is 0.417 e. The van der Waals surface area contributed by atoms with Gasteiger partial charge >= 0.3 is 6.18 Å². The first-order valence-corrected chi connectivity index (χ1v) is 8.66. The number of alkyl halides is 3. The molecule has 134 valence electrons. The Hall–Kier alpha value is -2.34. The van der Waals surface area contributed by atoms with E-state index in [0.717, 1.165) is 38.7 Å². The standard InChI is InChI=1S/C20H16BrF3N2/c1-11-18(12(2)26-13(3)19(11)21)14-8-9-17(25-10-14)15-6-4-5-7-16(15)20(22,23)24/h4-10,26H,1H2,2-3H3. The van der Waals surface area contributed by atoms with Crippen molar-refractivity contribution in [2.75, 3.05) is 0 Å². The third-order valence-electron chi connectivity index (χ3n) is 4.21. The van der Waals surface area contributed by atoms with E-state index in [1.165, 1.54) is 12.1 Å². The van der Waals surface area contributed by atoms with Crippen LogP contribution in [0.1, 0.15) is 25.0 Å². The van der Waals surface area contributed by atoms with E-state index >= 15 is 0 Å². The van der Waals surface area contributed by atoms with Gasteiger partial charge in [-0.15, -0.1) is 0 Å². The fourth-order valence-corrected chi connectivity index (χ4v) is 3.30. The molecule has 0 fully saturated rings. The number of nitrogens with zero attached hydrogens (tertiary/aromatic N) is 1. The number of hydrogen-bond donors (Lipinski definition) is 1. The number of hydrogen-bond acceptors (Lipinski definition) is 2. The number of aromatic nitrogens is 1. The van der Waals surface area contributed by atoms with E-state index in [0.29, 0.717) is 0 Å². The average Bonchev–Trinajstić information content (AvgIpc) is 2.60. The van der Waals surface area contributed by atoms with Gasteiger partial charge in [-0.2, -0.15) is 13.2 Å². The van der Waals surface area contributed by atoms with E-state index < -0.39 is 11.7 Å². The number of pyridine rings is 1. The smallest absolute Gasteiger partial charge is 0.361 e. The lowest BCUT2D eigenvalue weighted by atomic mass is 9.94. The average molecular weight is 421 g/mol. The molecule has 1 aliphatic heterocycles. The second-order valence-corrected chi connectivity index (χ2v) is 6.81. The second kappa shape index (κ2) is 6.76. The van der Waals surface area contributed by atoms with Crippen molar-refractivity contribution in [1.29, 1.82) is 0 Å². The Kier molecular flexibility index (Phi) is 4.80. The Bertz CT molecular complexity index is 938. The molecule has 2 nitrogen and oxygen atoms in total. The minimum Gasteiger partial charge on any atom is -0.361 e. The van der Waals surface area contributed by atoms with Crippen LogP contribution in [-0.4, -0.2) is 4.98 Å². The first-order valence-electron chi connectivity index (χ1n) is 7.87. The summed E-state index contributed by atoms with van der Waals surface area (Å²) in [5, 5.41) is 3.26. The third kappa shape index (κ3) is 3.33. The maximum atomic E-state index is 13.2. The van der Waals surface area contributed by atoms with Crippen molar-refractivity contribution in [3.63, 3.8) is 0 Å². The van der Waals surface area contributed by atoms with E-state index in [-0.39, 0.29) is 11.3 Å². The van der Waals surface area contributed by atoms with Gasteiger partial charge in [0.25, 0.3) is 0 Å². The van der Waals surface area contributed by atoms with Crippen LogP contribution < -0.4 is 5.32 Å². The van der Waals surface area contributed by atoms with Crippen LogP contribution in [0.15, 0.2) is 70.6 Å². The third-order valence-corrected chi connectivity index (χ3v) is 5.28. The summed E-state index contributed by atoms with van der Waals surface area (Å²) in [6, 6.07) is 8.81. The van der Waals surface area contributed by atoms with Crippen molar-refractivity contribution < 1.29 is 13.2 Å². The monoisotopic (exact) mass is 420 g/mol. The SMILES string of the molecule is C=C1C(Br)=C(C)NC(C)=C1c1ccc(-c2ccccc2C(F)(F)F)nc1. The highest BCUT2D eigenvalue weighted by Crippen LogP contribution is 2.39. The number of halogens is 4. The first-order chi connectivity index (χ1) is 12.2. The summed E-state index contributed by atoms with van der Waals surface area (Å²) in [5.74, 6) is 0. The van der Waals surface area contributed by atoms with Gasteiger partial charge in [0.15, 0.2) is 0 Å². The van der Waals surface area contributed by atoms with Crippen LogP contribution in [0.3, 0.4) is 0 Å². The minimum absolute atomic E-state index is 0.0646. The molecule has 2 aromatic rings. The molecule has 2 heterocycles. The number of allylic oxidation sites excluding steroid dienone is 5. The van der Waals surface area contributed by atoms with Gasteiger partial charge in [-0.05, 0) is 47.5 Å². The maximum absolute atomic E-state index is 13.2. The van der Waals surface area contributed by atoms with E-state index in [2.05, 4.69) is 32.8 Å². The molecule has 1 aromatic heterocycles. The first kappa shape index (κ1) is 18.5. The molecule has 0 saturated carbocycles. The summed E-state index contributed by atoms with van der Waals surface area (Å²) in [7, 11) is 0. The van der Waals surface area contributed by atoms with Crippen molar-refractivity contribution in [1.82, 2.24) is 10.3 Å². The zero-order valence-corrected chi connectivity index (χ0v) is 15.8. The molecular formula is C20H16BrF3N2. The quantitative estimate of drug-likeness (QED) is 0.617. The van der Waals surface area contributed by atoms with Crippen LogP contribution in [0.2, 0.25) is 0 Å². The predicted molar refractivity (Wildman–Crippen MR) is 101 cm³/mol. The molecule has 1 aromatic carbocycles. The highest BCUT2D eigenvalue weighted by Gasteiger charge is 2.33. The van der Waals surface area contributed by atoms with E-state index in [1.807, 2.05) is 13.8 Å². The molecule has 0 unspecified atom stereocenters. The number of benzene rings is 1. The van der Waals surface area contributed by atoms with Gasteiger partial charge in [-0.3, -0.25) is 4.98 Å². The Morgan fingerprint density at radius 3 is 2.35 bits per heavy atom. The lowest BCUT2D eigenvalue weighted by Crippen LogP contribution is -2.17. The van der Waals surface area contributed by atoms with Crippen LogP contribution in [0, 0.1) is 0 Å². The van der Waals surface area contributed by atoms with Crippen LogP contribution in [-0.2, 0) is 6.18 Å². The molecule has 6 heteroatoms. The lowest BCUT2D eigenvalue weighted by molar-refractivity contribution is -0.137. The minimum atomic E-state index is -4.43. The molecule has 0 radical (unpaired) electrons. The summed E-state index contributed by atoms with van der Waals surface area (Å²) < 4.78 is 40.5. The van der Waals surface area contributed by atoms with Gasteiger partial charge < -0.3 is 5.32 Å². The van der Waals surface area contributed by atoms with Crippen LogP contribution >= 0.6 is 15.9 Å². The van der Waals surface area contributed by atoms with Crippen molar-refractivity contribution in [2.24, 2.45) is 0 Å². The largest absolute Gasteiger partial charge is 0.417 e. The van der Waals surface area contributed by atoms with Gasteiger partial charge in [-0.1, -0.05) is 30.8 Å². The summed E-state index contributed by atoms with van der Waals surface area (Å²) in [6.07, 6.45) is -2.85. The predicted octanol–water partition coefficient (Wildman–Crippen LogP) is 6.28. The zero-order chi connectivity index (χ0) is 19.1. The van der Waals surface area contributed by atoms with Crippen LogP contribution in [0.4, 0.5) is 13.2 Å². The normalized spacial score (nSPS) is 15.4. The Morgan fingerprint density at radius 1 is 1.04 bits per heavy atom. The number of nitrogens with one attached hydrogen (secondary N) is 1. The molecule has 3 rings (SSSR count). The molecule has 26 heavy (non-hydrogen) atoms.